The van der Waals surface area contributed by atoms with Gasteiger partial charge in [-0.1, -0.05) is 18.0 Å². The highest BCUT2D eigenvalue weighted by molar-refractivity contribution is 5.98. The number of carbonyl (C=O) groups is 2. The summed E-state index contributed by atoms with van der Waals surface area (Å²) in [6.45, 7) is 0.977. The van der Waals surface area contributed by atoms with Crippen molar-refractivity contribution in [2.24, 2.45) is 5.92 Å². The molecule has 10 nitrogen and oxygen atoms in total. The second-order valence-electron chi connectivity index (χ2n) is 8.28. The van der Waals surface area contributed by atoms with E-state index in [9.17, 15) is 9.59 Å². The maximum atomic E-state index is 13.3. The number of ether oxygens (including phenoxy) is 3. The standard InChI is InChI=1S/C23H30N4O6/c1-30-12-6-11-26-22(28)16-7-4-5-8-18(16)27(23(26)29)14-20-24-21(25-33-20)17-10-9-15(31-2)13-19(17)32-3/h9-10,13,16,18H,4-8,11-12,14H2,1-3H3. The average molecular weight is 459 g/mol. The zero-order chi connectivity index (χ0) is 23.4. The molecule has 3 amide bonds. The molecule has 0 bridgehead atoms. The molecule has 2 unspecified atom stereocenters. The number of hydrogen-bond acceptors (Lipinski definition) is 8. The summed E-state index contributed by atoms with van der Waals surface area (Å²) >= 11 is 0. The lowest BCUT2D eigenvalue weighted by Crippen LogP contribution is -2.62. The van der Waals surface area contributed by atoms with E-state index in [-0.39, 0.29) is 30.4 Å². The van der Waals surface area contributed by atoms with E-state index in [1.807, 2.05) is 0 Å². The van der Waals surface area contributed by atoms with E-state index in [4.69, 9.17) is 18.7 Å². The van der Waals surface area contributed by atoms with Gasteiger partial charge in [0.15, 0.2) is 0 Å². The summed E-state index contributed by atoms with van der Waals surface area (Å²) in [5.74, 6) is 1.61. The number of rotatable bonds is 9. The molecule has 1 aromatic carbocycles. The number of urea groups is 1. The van der Waals surface area contributed by atoms with Crippen molar-refractivity contribution in [3.8, 4) is 22.9 Å². The average Bonchev–Trinajstić information content (AvgIpc) is 3.32. The Morgan fingerprint density at radius 1 is 1.12 bits per heavy atom. The minimum atomic E-state index is -0.305. The van der Waals surface area contributed by atoms with Crippen LogP contribution in [0.25, 0.3) is 11.4 Å². The number of hydrogen-bond donors (Lipinski definition) is 0. The van der Waals surface area contributed by atoms with Gasteiger partial charge >= 0.3 is 6.03 Å². The lowest BCUT2D eigenvalue weighted by Gasteiger charge is -2.46. The molecule has 1 aliphatic carbocycles. The van der Waals surface area contributed by atoms with Crippen LogP contribution in [0.2, 0.25) is 0 Å². The lowest BCUT2D eigenvalue weighted by atomic mass is 9.81. The zero-order valence-electron chi connectivity index (χ0n) is 19.3. The topological polar surface area (TPSA) is 107 Å². The number of imide groups is 1. The molecule has 4 rings (SSSR count). The summed E-state index contributed by atoms with van der Waals surface area (Å²) in [5.41, 5.74) is 0.658. The number of carbonyl (C=O) groups excluding carboxylic acids is 2. The van der Waals surface area contributed by atoms with Crippen LogP contribution in [0.1, 0.15) is 38.0 Å². The Bertz CT molecular complexity index is 993. The van der Waals surface area contributed by atoms with Crippen LogP contribution in [0, 0.1) is 5.92 Å². The zero-order valence-corrected chi connectivity index (χ0v) is 19.3. The molecular formula is C23H30N4O6. The molecule has 2 heterocycles. The number of methoxy groups -OCH3 is 3. The highest BCUT2D eigenvalue weighted by Crippen LogP contribution is 2.36. The van der Waals surface area contributed by atoms with Gasteiger partial charge in [-0.05, 0) is 31.4 Å². The first-order chi connectivity index (χ1) is 16.1. The minimum absolute atomic E-state index is 0.0776. The van der Waals surface area contributed by atoms with Gasteiger partial charge in [-0.3, -0.25) is 9.69 Å². The van der Waals surface area contributed by atoms with Crippen molar-refractivity contribution in [3.05, 3.63) is 24.1 Å². The van der Waals surface area contributed by atoms with E-state index in [1.54, 1.807) is 44.4 Å². The Balaban J connectivity index is 1.56. The molecule has 0 radical (unpaired) electrons. The molecule has 0 N–H and O–H groups in total. The SMILES string of the molecule is COCCCN1C(=O)C2CCCCC2N(Cc2nc(-c3ccc(OC)cc3OC)no2)C1=O. The summed E-state index contributed by atoms with van der Waals surface area (Å²) in [5, 5.41) is 4.10. The maximum Gasteiger partial charge on any atom is 0.327 e. The van der Waals surface area contributed by atoms with Crippen LogP contribution in [0.15, 0.2) is 22.7 Å². The van der Waals surface area contributed by atoms with Gasteiger partial charge in [0.2, 0.25) is 17.6 Å². The predicted molar refractivity (Wildman–Crippen MR) is 118 cm³/mol. The first-order valence-corrected chi connectivity index (χ1v) is 11.2. The molecule has 1 aromatic heterocycles. The van der Waals surface area contributed by atoms with Crippen LogP contribution < -0.4 is 9.47 Å². The highest BCUT2D eigenvalue weighted by Gasteiger charge is 2.47. The van der Waals surface area contributed by atoms with E-state index in [0.717, 1.165) is 25.7 Å². The van der Waals surface area contributed by atoms with E-state index in [2.05, 4.69) is 10.1 Å². The Labute approximate surface area is 192 Å². The molecule has 2 atom stereocenters. The second-order valence-corrected chi connectivity index (χ2v) is 8.28. The summed E-state index contributed by atoms with van der Waals surface area (Å²) in [4.78, 5) is 33.9. The van der Waals surface area contributed by atoms with Crippen molar-refractivity contribution in [2.75, 3.05) is 34.5 Å². The monoisotopic (exact) mass is 458 g/mol. The number of benzene rings is 1. The van der Waals surface area contributed by atoms with Crippen molar-refractivity contribution in [1.82, 2.24) is 19.9 Å². The molecule has 2 aliphatic rings. The van der Waals surface area contributed by atoms with Crippen molar-refractivity contribution in [3.63, 3.8) is 0 Å². The van der Waals surface area contributed by atoms with Gasteiger partial charge in [0.05, 0.1) is 25.7 Å². The second kappa shape index (κ2) is 10.2. The van der Waals surface area contributed by atoms with Crippen LogP contribution in [0.4, 0.5) is 4.79 Å². The van der Waals surface area contributed by atoms with Crippen LogP contribution in [-0.4, -0.2) is 72.4 Å². The fraction of sp³-hybridized carbons (Fsp3) is 0.565. The third-order valence-electron chi connectivity index (χ3n) is 6.34. The van der Waals surface area contributed by atoms with Crippen molar-refractivity contribution >= 4 is 11.9 Å². The third-order valence-corrected chi connectivity index (χ3v) is 6.34. The summed E-state index contributed by atoms with van der Waals surface area (Å²) in [6.07, 6.45) is 4.15. The van der Waals surface area contributed by atoms with Crippen LogP contribution in [0.5, 0.6) is 11.5 Å². The van der Waals surface area contributed by atoms with E-state index in [0.29, 0.717) is 48.4 Å². The molecule has 1 aliphatic heterocycles. The molecule has 1 saturated heterocycles. The quantitative estimate of drug-likeness (QED) is 0.528. The Hall–Kier alpha value is -3.14. The number of aromatic nitrogens is 2. The summed E-state index contributed by atoms with van der Waals surface area (Å²) in [6, 6.07) is 4.88. The normalized spacial score (nSPS) is 20.7. The predicted octanol–water partition coefficient (Wildman–Crippen LogP) is 3.11. The molecule has 33 heavy (non-hydrogen) atoms. The molecule has 178 valence electrons. The van der Waals surface area contributed by atoms with Gasteiger partial charge in [-0.15, -0.1) is 0 Å². The van der Waals surface area contributed by atoms with Crippen molar-refractivity contribution in [2.45, 2.75) is 44.7 Å². The van der Waals surface area contributed by atoms with Crippen LogP contribution in [0.3, 0.4) is 0 Å². The molecule has 10 heteroatoms. The van der Waals surface area contributed by atoms with Gasteiger partial charge < -0.3 is 23.6 Å². The lowest BCUT2D eigenvalue weighted by molar-refractivity contribution is -0.141. The fourth-order valence-corrected chi connectivity index (χ4v) is 4.68. The van der Waals surface area contributed by atoms with E-state index < -0.39 is 0 Å². The summed E-state index contributed by atoms with van der Waals surface area (Å²) in [7, 11) is 4.75. The number of amides is 3. The molecule has 1 saturated carbocycles. The Morgan fingerprint density at radius 2 is 1.94 bits per heavy atom. The first kappa shape index (κ1) is 23.0. The van der Waals surface area contributed by atoms with E-state index in [1.165, 1.54) is 4.90 Å². The van der Waals surface area contributed by atoms with Gasteiger partial charge in [-0.25, -0.2) is 4.79 Å². The number of fused-ring (bicyclic) bond motifs is 1. The first-order valence-electron chi connectivity index (χ1n) is 11.2. The van der Waals surface area contributed by atoms with Crippen molar-refractivity contribution in [1.29, 1.82) is 0 Å². The smallest absolute Gasteiger partial charge is 0.327 e. The largest absolute Gasteiger partial charge is 0.497 e. The van der Waals surface area contributed by atoms with E-state index >= 15 is 0 Å². The molecule has 0 spiro atoms. The third kappa shape index (κ3) is 4.66. The van der Waals surface area contributed by atoms with Gasteiger partial charge in [-0.2, -0.15) is 4.98 Å². The minimum Gasteiger partial charge on any atom is -0.497 e. The fourth-order valence-electron chi connectivity index (χ4n) is 4.68. The summed E-state index contributed by atoms with van der Waals surface area (Å²) < 4.78 is 21.3. The number of nitrogens with zero attached hydrogens (tertiary/aromatic N) is 4. The van der Waals surface area contributed by atoms with Gasteiger partial charge in [0.25, 0.3) is 0 Å². The molecule has 2 aromatic rings. The Kier molecular flexibility index (Phi) is 7.12. The van der Waals surface area contributed by atoms with Crippen LogP contribution >= 0.6 is 0 Å². The van der Waals surface area contributed by atoms with Crippen LogP contribution in [-0.2, 0) is 16.1 Å². The van der Waals surface area contributed by atoms with Gasteiger partial charge in [0.1, 0.15) is 18.0 Å². The van der Waals surface area contributed by atoms with Crippen molar-refractivity contribution < 1.29 is 28.3 Å². The molecule has 2 fully saturated rings. The maximum absolute atomic E-state index is 13.3. The molecular weight excluding hydrogens is 428 g/mol. The Morgan fingerprint density at radius 3 is 2.70 bits per heavy atom. The highest BCUT2D eigenvalue weighted by atomic mass is 16.5. The van der Waals surface area contributed by atoms with Gasteiger partial charge in [0, 0.05) is 32.4 Å².